The summed E-state index contributed by atoms with van der Waals surface area (Å²) in [6, 6.07) is 34.9. The van der Waals surface area contributed by atoms with Gasteiger partial charge in [-0.3, -0.25) is 4.79 Å². The van der Waals surface area contributed by atoms with Crippen molar-refractivity contribution in [2.75, 3.05) is 4.90 Å². The zero-order valence-corrected chi connectivity index (χ0v) is 19.0. The van der Waals surface area contributed by atoms with Gasteiger partial charge in [-0.1, -0.05) is 103 Å². The fraction of sp³-hybridized carbons (Fsp3) is 0.0741. The lowest BCUT2D eigenvalue weighted by atomic mass is 9.69. The summed E-state index contributed by atoms with van der Waals surface area (Å²) in [7, 11) is 0. The number of hydrogen-bond acceptors (Lipinski definition) is 2. The van der Waals surface area contributed by atoms with Crippen molar-refractivity contribution in [2.45, 2.75) is 10.4 Å². The van der Waals surface area contributed by atoms with Crippen LogP contribution in [-0.2, 0) is 31.1 Å². The zero-order valence-electron chi connectivity index (χ0n) is 17.5. The van der Waals surface area contributed by atoms with Crippen molar-refractivity contribution in [1.29, 1.82) is 0 Å². The Labute approximate surface area is 201 Å². The van der Waals surface area contributed by atoms with Crippen molar-refractivity contribution >= 4 is 40.5 Å². The van der Waals surface area contributed by atoms with Crippen LogP contribution in [-0.4, -0.2) is 5.91 Å². The molecule has 5 rings (SSSR count). The van der Waals surface area contributed by atoms with Gasteiger partial charge in [0.05, 0.1) is 5.54 Å². The Kier molecular flexibility index (Phi) is 5.44. The van der Waals surface area contributed by atoms with Gasteiger partial charge in [-0.15, -0.1) is 5.69 Å². The molecule has 0 aromatic heterocycles. The van der Waals surface area contributed by atoms with E-state index in [1.165, 1.54) is 0 Å². The molecular weight excluding hydrogens is 452 g/mol. The van der Waals surface area contributed by atoms with Crippen LogP contribution < -0.4 is 4.90 Å². The summed E-state index contributed by atoms with van der Waals surface area (Å²) in [5.41, 5.74) is 1.12. The summed E-state index contributed by atoms with van der Waals surface area (Å²) < 4.78 is 13.2. The van der Waals surface area contributed by atoms with E-state index in [1.54, 1.807) is 29.2 Å². The molecule has 4 nitrogen and oxygen atoms in total. The molecule has 4 aromatic carbocycles. The average molecular weight is 471 g/mol. The molecule has 6 heteroatoms. The third-order valence-corrected chi connectivity index (χ3v) is 7.14. The number of halogens is 1. The highest BCUT2D eigenvalue weighted by Crippen LogP contribution is 2.62. The maximum absolute atomic E-state index is 14.2. The Morgan fingerprint density at radius 3 is 1.76 bits per heavy atom. The maximum Gasteiger partial charge on any atom is 0.495 e. The molecule has 1 aliphatic rings. The second kappa shape index (κ2) is 8.43. The van der Waals surface area contributed by atoms with Crippen molar-refractivity contribution in [2.24, 2.45) is 0 Å². The monoisotopic (exact) mass is 470 g/mol. The molecule has 0 saturated carbocycles. The van der Waals surface area contributed by atoms with Crippen molar-refractivity contribution < 1.29 is 9.00 Å². The molecule has 0 unspecified atom stereocenters. The number of amides is 1. The van der Waals surface area contributed by atoms with E-state index in [2.05, 4.69) is 0 Å². The van der Waals surface area contributed by atoms with Crippen LogP contribution in [0.15, 0.2) is 115 Å². The summed E-state index contributed by atoms with van der Waals surface area (Å²) >= 11 is 6.48. The summed E-state index contributed by atoms with van der Waals surface area (Å²) in [4.78, 5) is 14.4. The van der Waals surface area contributed by atoms with Crippen LogP contribution in [0.2, 0.25) is 5.02 Å². The minimum atomic E-state index is -1.46. The number of rotatable bonds is 6. The number of β-lactam (4-membered cyclic amide) rings is 1. The molecular formula is C27H19ClN2O2S. The first-order valence-corrected chi connectivity index (χ1v) is 11.6. The van der Waals surface area contributed by atoms with Crippen molar-refractivity contribution in [3.63, 3.8) is 0 Å². The third kappa shape index (κ3) is 3.16. The van der Waals surface area contributed by atoms with Gasteiger partial charge in [0.2, 0.25) is 5.91 Å². The van der Waals surface area contributed by atoms with Crippen LogP contribution in [0.3, 0.4) is 0 Å². The number of nitrogens with zero attached hydrogens (tertiary/aromatic N) is 2. The van der Waals surface area contributed by atoms with E-state index in [0.717, 1.165) is 0 Å². The highest BCUT2D eigenvalue weighted by atomic mass is 35.5. The van der Waals surface area contributed by atoms with Gasteiger partial charge in [-0.25, -0.2) is 4.90 Å². The minimum absolute atomic E-state index is 0.271. The van der Waals surface area contributed by atoms with E-state index in [-0.39, 0.29) is 5.91 Å². The first-order chi connectivity index (χ1) is 16.1. The first kappa shape index (κ1) is 21.3. The minimum Gasteiger partial charge on any atom is -0.661 e. The summed E-state index contributed by atoms with van der Waals surface area (Å²) in [6.07, 6.45) is 0. The largest absolute Gasteiger partial charge is 0.661 e. The number of hydrogen-bond donors (Lipinski definition) is 0. The normalized spacial score (nSPS) is 21.8. The lowest BCUT2D eigenvalue weighted by molar-refractivity contribution is -0.132. The Hall–Kier alpha value is -3.54. The number of carbonyl (C=O) groups excluding carboxylic acids is 1. The molecule has 1 aliphatic heterocycles. The SMILES string of the molecule is O=[S+][C@]1(c2ccccc2)N(c2ccc(Cl)cc2)C(=O)[C@@]1([N-]c1ccccc1)c1ccccc1. The molecule has 0 radical (unpaired) electrons. The van der Waals surface area contributed by atoms with E-state index in [9.17, 15) is 9.00 Å². The van der Waals surface area contributed by atoms with Crippen molar-refractivity contribution in [1.82, 2.24) is 0 Å². The number of carbonyl (C=O) groups is 1. The van der Waals surface area contributed by atoms with Gasteiger partial charge in [0.25, 0.3) is 0 Å². The van der Waals surface area contributed by atoms with E-state index >= 15 is 0 Å². The quantitative estimate of drug-likeness (QED) is 0.236. The standard InChI is InChI=1S/C27H19ClN2O2S/c28-22-16-18-24(19-17-22)30-25(31)26(20-10-4-1-5-11-20,29-23-14-8-3-9-15-23)27(30,33-32)21-12-6-2-7-13-21/h1-19H/t26-,27-/m0/s1. The topological polar surface area (TPSA) is 51.5 Å². The van der Waals surface area contributed by atoms with Gasteiger partial charge in [-0.05, 0) is 29.8 Å². The lowest BCUT2D eigenvalue weighted by Gasteiger charge is -2.62. The molecule has 0 aliphatic carbocycles. The zero-order chi connectivity index (χ0) is 22.9. The fourth-order valence-electron chi connectivity index (χ4n) is 4.48. The molecule has 1 saturated heterocycles. The van der Waals surface area contributed by atoms with Gasteiger partial charge >= 0.3 is 16.5 Å². The number of anilines is 1. The van der Waals surface area contributed by atoms with E-state index < -0.39 is 10.4 Å². The van der Waals surface area contributed by atoms with Gasteiger partial charge in [0.1, 0.15) is 0 Å². The molecule has 4 aromatic rings. The van der Waals surface area contributed by atoms with E-state index in [4.69, 9.17) is 16.9 Å². The highest BCUT2D eigenvalue weighted by molar-refractivity contribution is 7.67. The van der Waals surface area contributed by atoms with E-state index in [1.807, 2.05) is 91.0 Å². The Morgan fingerprint density at radius 2 is 1.21 bits per heavy atom. The van der Waals surface area contributed by atoms with Crippen molar-refractivity contribution in [3.8, 4) is 0 Å². The van der Waals surface area contributed by atoms with Gasteiger partial charge in [0, 0.05) is 20.5 Å². The van der Waals surface area contributed by atoms with Crippen LogP contribution in [0.5, 0.6) is 0 Å². The van der Waals surface area contributed by atoms with Gasteiger partial charge in [-0.2, -0.15) is 0 Å². The van der Waals surface area contributed by atoms with Crippen LogP contribution >= 0.6 is 11.6 Å². The van der Waals surface area contributed by atoms with Gasteiger partial charge < -0.3 is 5.32 Å². The van der Waals surface area contributed by atoms with Crippen LogP contribution in [0.25, 0.3) is 5.32 Å². The Balaban J connectivity index is 1.80. The predicted octanol–water partition coefficient (Wildman–Crippen LogP) is 6.57. The average Bonchev–Trinajstić information content (AvgIpc) is 2.88. The molecule has 1 amide bonds. The highest BCUT2D eigenvalue weighted by Gasteiger charge is 2.78. The second-order valence-electron chi connectivity index (χ2n) is 7.73. The molecule has 1 heterocycles. The molecule has 2 atom stereocenters. The molecule has 0 spiro atoms. The summed E-state index contributed by atoms with van der Waals surface area (Å²) in [5.74, 6) is -0.271. The van der Waals surface area contributed by atoms with Gasteiger partial charge in [0.15, 0.2) is 0 Å². The molecule has 0 N–H and O–H groups in total. The molecule has 0 bridgehead atoms. The van der Waals surface area contributed by atoms with Crippen LogP contribution in [0.4, 0.5) is 11.4 Å². The Morgan fingerprint density at radius 1 is 0.697 bits per heavy atom. The molecule has 33 heavy (non-hydrogen) atoms. The number of para-hydroxylation sites is 1. The van der Waals surface area contributed by atoms with Crippen LogP contribution in [0.1, 0.15) is 11.1 Å². The van der Waals surface area contributed by atoms with Crippen LogP contribution in [0, 0.1) is 0 Å². The smallest absolute Gasteiger partial charge is 0.495 e. The number of benzene rings is 4. The summed E-state index contributed by atoms with van der Waals surface area (Å²) in [6.45, 7) is 0. The maximum atomic E-state index is 14.2. The molecule has 162 valence electrons. The second-order valence-corrected chi connectivity index (χ2v) is 8.93. The summed E-state index contributed by atoms with van der Waals surface area (Å²) in [5, 5.41) is 5.55. The molecule has 1 fully saturated rings. The van der Waals surface area contributed by atoms with E-state index in [0.29, 0.717) is 39.2 Å². The fourth-order valence-corrected chi connectivity index (χ4v) is 5.47. The third-order valence-electron chi connectivity index (χ3n) is 5.93. The first-order valence-electron chi connectivity index (χ1n) is 10.4. The predicted molar refractivity (Wildman–Crippen MR) is 133 cm³/mol. The lowest BCUT2D eigenvalue weighted by Crippen LogP contribution is -2.78. The Bertz CT molecular complexity index is 1290. The van der Waals surface area contributed by atoms with Crippen molar-refractivity contribution in [3.05, 3.63) is 137 Å².